The van der Waals surface area contributed by atoms with Gasteiger partial charge in [-0.25, -0.2) is 4.79 Å². The van der Waals surface area contributed by atoms with Gasteiger partial charge in [0, 0.05) is 25.7 Å². The Bertz CT molecular complexity index is 549. The second-order valence-corrected chi connectivity index (χ2v) is 6.11. The Balaban J connectivity index is 1.69. The fourth-order valence-electron chi connectivity index (χ4n) is 2.74. The van der Waals surface area contributed by atoms with Crippen LogP contribution in [0.2, 0.25) is 0 Å². The summed E-state index contributed by atoms with van der Waals surface area (Å²) in [4.78, 5) is 17.8. The lowest BCUT2D eigenvalue weighted by Crippen LogP contribution is -2.48. The van der Waals surface area contributed by atoms with Gasteiger partial charge in [0.1, 0.15) is 0 Å². The van der Waals surface area contributed by atoms with E-state index in [9.17, 15) is 4.79 Å². The van der Waals surface area contributed by atoms with E-state index >= 15 is 0 Å². The van der Waals surface area contributed by atoms with E-state index < -0.39 is 0 Å². The van der Waals surface area contributed by atoms with Gasteiger partial charge in [0.25, 0.3) is 0 Å². The zero-order chi connectivity index (χ0) is 17.4. The first-order chi connectivity index (χ1) is 11.6. The van der Waals surface area contributed by atoms with Crippen LogP contribution in [0.15, 0.2) is 29.3 Å². The zero-order valence-electron chi connectivity index (χ0n) is 14.6. The highest BCUT2D eigenvalue weighted by molar-refractivity contribution is 5.78. The first kappa shape index (κ1) is 18.1. The maximum Gasteiger partial charge on any atom is 0.409 e. The van der Waals surface area contributed by atoms with E-state index in [2.05, 4.69) is 41.5 Å². The number of carbonyl (C=O) groups is 1. The molecular weight excluding hydrogens is 304 g/mol. The smallest absolute Gasteiger partial charge is 0.409 e. The summed E-state index contributed by atoms with van der Waals surface area (Å²) in [5.41, 5.74) is 8.49. The molecular formula is C18H28N4O2. The van der Waals surface area contributed by atoms with Gasteiger partial charge in [0.2, 0.25) is 0 Å². The number of carbonyl (C=O) groups excluding carboxylic acids is 1. The molecule has 0 unspecified atom stereocenters. The zero-order valence-corrected chi connectivity index (χ0v) is 14.6. The van der Waals surface area contributed by atoms with E-state index in [0.717, 1.165) is 19.3 Å². The van der Waals surface area contributed by atoms with E-state index in [1.165, 1.54) is 11.1 Å². The number of nitrogens with two attached hydrogens (primary N) is 1. The van der Waals surface area contributed by atoms with E-state index in [0.29, 0.717) is 32.2 Å². The monoisotopic (exact) mass is 332 g/mol. The number of benzene rings is 1. The van der Waals surface area contributed by atoms with E-state index in [1.807, 2.05) is 6.92 Å². The van der Waals surface area contributed by atoms with Crippen molar-refractivity contribution in [3.8, 4) is 0 Å². The molecule has 1 fully saturated rings. The third-order valence-corrected chi connectivity index (χ3v) is 4.18. The van der Waals surface area contributed by atoms with Crippen LogP contribution in [0.4, 0.5) is 4.79 Å². The van der Waals surface area contributed by atoms with Crippen LogP contribution >= 0.6 is 0 Å². The number of aryl methyl sites for hydroxylation is 1. The van der Waals surface area contributed by atoms with Crippen molar-refractivity contribution in [2.75, 3.05) is 26.2 Å². The van der Waals surface area contributed by atoms with Crippen LogP contribution in [-0.2, 0) is 11.2 Å². The average molecular weight is 332 g/mol. The van der Waals surface area contributed by atoms with Crippen LogP contribution in [0.3, 0.4) is 0 Å². The van der Waals surface area contributed by atoms with Crippen LogP contribution in [0.1, 0.15) is 30.9 Å². The third-order valence-electron chi connectivity index (χ3n) is 4.18. The minimum absolute atomic E-state index is 0.226. The highest BCUT2D eigenvalue weighted by Crippen LogP contribution is 2.11. The fraction of sp³-hybridized carbons (Fsp3) is 0.556. The molecule has 1 saturated heterocycles. The molecule has 3 N–H and O–H groups in total. The molecule has 1 aromatic rings. The van der Waals surface area contributed by atoms with Crippen molar-refractivity contribution < 1.29 is 9.53 Å². The van der Waals surface area contributed by atoms with E-state index in [-0.39, 0.29) is 12.1 Å². The molecule has 0 saturated carbocycles. The Morgan fingerprint density at radius 1 is 1.33 bits per heavy atom. The Labute approximate surface area is 144 Å². The first-order valence-corrected chi connectivity index (χ1v) is 8.62. The second-order valence-electron chi connectivity index (χ2n) is 6.11. The van der Waals surface area contributed by atoms with Crippen molar-refractivity contribution in [3.63, 3.8) is 0 Å². The number of likely N-dealkylation sites (tertiary alicyclic amines) is 1. The van der Waals surface area contributed by atoms with Gasteiger partial charge in [-0.1, -0.05) is 29.8 Å². The van der Waals surface area contributed by atoms with Crippen molar-refractivity contribution in [1.29, 1.82) is 0 Å². The quantitative estimate of drug-likeness (QED) is 0.639. The van der Waals surface area contributed by atoms with Gasteiger partial charge in [0.05, 0.1) is 6.61 Å². The molecule has 0 radical (unpaired) electrons. The highest BCUT2D eigenvalue weighted by Gasteiger charge is 2.23. The lowest BCUT2D eigenvalue weighted by atomic mass is 10.1. The number of nitrogens with one attached hydrogen (secondary N) is 1. The van der Waals surface area contributed by atoms with Crippen molar-refractivity contribution in [2.24, 2.45) is 10.7 Å². The number of amides is 1. The molecule has 6 heteroatoms. The van der Waals surface area contributed by atoms with E-state index in [4.69, 9.17) is 10.5 Å². The molecule has 0 spiro atoms. The normalized spacial score (nSPS) is 16.1. The summed E-state index contributed by atoms with van der Waals surface area (Å²) in [6.45, 7) is 6.36. The van der Waals surface area contributed by atoms with Crippen LogP contribution in [-0.4, -0.2) is 49.2 Å². The summed E-state index contributed by atoms with van der Waals surface area (Å²) in [5.74, 6) is 0.483. The maximum absolute atomic E-state index is 11.7. The van der Waals surface area contributed by atoms with E-state index in [1.54, 1.807) is 4.90 Å². The predicted molar refractivity (Wildman–Crippen MR) is 96.1 cm³/mol. The summed E-state index contributed by atoms with van der Waals surface area (Å²) >= 11 is 0. The Hall–Kier alpha value is -2.24. The van der Waals surface area contributed by atoms with Gasteiger partial charge in [-0.2, -0.15) is 0 Å². The maximum atomic E-state index is 11.7. The Morgan fingerprint density at radius 2 is 2.00 bits per heavy atom. The number of ether oxygens (including phenoxy) is 1. The van der Waals surface area contributed by atoms with Crippen LogP contribution < -0.4 is 11.1 Å². The SMILES string of the molecule is CCOC(=O)N1CCC(NC(N)=NCCc2ccc(C)cc2)CC1. The summed E-state index contributed by atoms with van der Waals surface area (Å²) < 4.78 is 5.02. The molecule has 1 aromatic carbocycles. The second kappa shape index (κ2) is 9.15. The molecule has 1 aliphatic rings. The van der Waals surface area contributed by atoms with Gasteiger partial charge >= 0.3 is 6.09 Å². The van der Waals surface area contributed by atoms with Crippen LogP contribution in [0.25, 0.3) is 0 Å². The van der Waals surface area contributed by atoms with Crippen molar-refractivity contribution in [3.05, 3.63) is 35.4 Å². The molecule has 132 valence electrons. The largest absolute Gasteiger partial charge is 0.450 e. The molecule has 0 atom stereocenters. The topological polar surface area (TPSA) is 80.0 Å². The summed E-state index contributed by atoms with van der Waals surface area (Å²) in [5, 5.41) is 3.25. The number of aliphatic imine (C=N–C) groups is 1. The molecule has 0 aromatic heterocycles. The molecule has 1 aliphatic heterocycles. The number of hydrogen-bond acceptors (Lipinski definition) is 3. The molecule has 1 amide bonds. The summed E-state index contributed by atoms with van der Waals surface area (Å²) in [6, 6.07) is 8.73. The average Bonchev–Trinajstić information content (AvgIpc) is 2.57. The predicted octanol–water partition coefficient (Wildman–Crippen LogP) is 2.06. The number of guanidine groups is 1. The number of rotatable bonds is 5. The summed E-state index contributed by atoms with van der Waals surface area (Å²) in [6.07, 6.45) is 2.36. The standard InChI is InChI=1S/C18H28N4O2/c1-3-24-18(23)22-12-9-16(10-13-22)21-17(19)20-11-8-15-6-4-14(2)5-7-15/h4-7,16H,3,8-13H2,1-2H3,(H3,19,20,21). The number of piperidine rings is 1. The van der Waals surface area contributed by atoms with Crippen molar-refractivity contribution in [1.82, 2.24) is 10.2 Å². The lowest BCUT2D eigenvalue weighted by Gasteiger charge is -2.31. The molecule has 24 heavy (non-hydrogen) atoms. The molecule has 0 aliphatic carbocycles. The van der Waals surface area contributed by atoms with Crippen LogP contribution in [0.5, 0.6) is 0 Å². The molecule has 0 bridgehead atoms. The third kappa shape index (κ3) is 5.76. The molecule has 6 nitrogen and oxygen atoms in total. The first-order valence-electron chi connectivity index (χ1n) is 8.62. The minimum Gasteiger partial charge on any atom is -0.450 e. The fourth-order valence-corrected chi connectivity index (χ4v) is 2.74. The Kier molecular flexibility index (Phi) is 6.90. The van der Waals surface area contributed by atoms with Gasteiger partial charge in [-0.3, -0.25) is 4.99 Å². The lowest BCUT2D eigenvalue weighted by molar-refractivity contribution is 0.0963. The highest BCUT2D eigenvalue weighted by atomic mass is 16.6. The van der Waals surface area contributed by atoms with Gasteiger partial charge in [-0.05, 0) is 38.7 Å². The van der Waals surface area contributed by atoms with Crippen molar-refractivity contribution >= 4 is 12.1 Å². The number of hydrogen-bond donors (Lipinski definition) is 2. The van der Waals surface area contributed by atoms with Gasteiger partial charge < -0.3 is 20.7 Å². The van der Waals surface area contributed by atoms with Gasteiger partial charge in [-0.15, -0.1) is 0 Å². The summed E-state index contributed by atoms with van der Waals surface area (Å²) in [7, 11) is 0. The molecule has 1 heterocycles. The number of nitrogens with zero attached hydrogens (tertiary/aromatic N) is 2. The van der Waals surface area contributed by atoms with Crippen LogP contribution in [0, 0.1) is 6.92 Å². The van der Waals surface area contributed by atoms with Crippen molar-refractivity contribution in [2.45, 2.75) is 39.2 Å². The Morgan fingerprint density at radius 3 is 2.62 bits per heavy atom. The molecule has 2 rings (SSSR count). The minimum atomic E-state index is -0.226. The van der Waals surface area contributed by atoms with Gasteiger partial charge in [0.15, 0.2) is 5.96 Å².